The van der Waals surface area contributed by atoms with Crippen LogP contribution >= 0.6 is 0 Å². The van der Waals surface area contributed by atoms with Crippen LogP contribution in [-0.4, -0.2) is 116 Å². The number of esters is 4. The fourth-order valence-electron chi connectivity index (χ4n) is 11.1. The molecule has 2 aliphatic heterocycles. The number of benzene rings is 2. The summed E-state index contributed by atoms with van der Waals surface area (Å²) in [6, 6.07) is 14.5. The molecule has 16 nitrogen and oxygen atoms in total. The van der Waals surface area contributed by atoms with Crippen LogP contribution in [0, 0.1) is 22.7 Å². The van der Waals surface area contributed by atoms with Crippen LogP contribution in [0.2, 0.25) is 0 Å². The molecule has 2 aromatic rings. The van der Waals surface area contributed by atoms with E-state index in [1.54, 1.807) is 69.3 Å². The van der Waals surface area contributed by atoms with Crippen molar-refractivity contribution in [2.24, 2.45) is 22.7 Å². The summed E-state index contributed by atoms with van der Waals surface area (Å²) in [5.41, 5.74) is -7.58. The van der Waals surface area contributed by atoms with Crippen LogP contribution in [-0.2, 0) is 47.6 Å². The van der Waals surface area contributed by atoms with Crippen LogP contribution in [0.1, 0.15) is 89.7 Å². The zero-order chi connectivity index (χ0) is 44.2. The van der Waals surface area contributed by atoms with E-state index in [2.05, 4.69) is 0 Å². The van der Waals surface area contributed by atoms with Crippen molar-refractivity contribution in [1.29, 1.82) is 0 Å². The quantitative estimate of drug-likeness (QED) is 0.187. The SMILES string of the molecule is CC(=O)OC1C(=O)[C@]23C[C@H]2C[C@H]2OC[C@@]2(OC(C)=O)[C@H]3[C@H](OC(=O)c2ccccc2)[C@]2(O)C[C@H](OC(=O)[C@H](O)[C@H](c3ccccc3)N3C(=O)OC(C)(C)C3O)C(C)=C1C2(C)C. The average molecular weight is 846 g/mol. The highest BCUT2D eigenvalue weighted by Crippen LogP contribution is 2.74. The Morgan fingerprint density at radius 1 is 0.885 bits per heavy atom. The highest BCUT2D eigenvalue weighted by atomic mass is 16.6. The minimum atomic E-state index is -2.28. The van der Waals surface area contributed by atoms with Gasteiger partial charge in [0, 0.05) is 31.1 Å². The molecule has 1 spiro atoms. The van der Waals surface area contributed by atoms with Crippen molar-refractivity contribution in [2.75, 3.05) is 6.61 Å². The van der Waals surface area contributed by atoms with Crippen molar-refractivity contribution in [3.63, 3.8) is 0 Å². The van der Waals surface area contributed by atoms with E-state index in [-0.39, 0.29) is 35.3 Å². The van der Waals surface area contributed by atoms with E-state index in [4.69, 9.17) is 28.4 Å². The number of aliphatic hydroxyl groups excluding tert-OH is 2. The van der Waals surface area contributed by atoms with Gasteiger partial charge in [0.2, 0.25) is 0 Å². The van der Waals surface area contributed by atoms with Gasteiger partial charge in [0.25, 0.3) is 0 Å². The molecule has 326 valence electrons. The van der Waals surface area contributed by atoms with E-state index in [0.29, 0.717) is 6.42 Å². The van der Waals surface area contributed by atoms with Crippen molar-refractivity contribution in [1.82, 2.24) is 4.90 Å². The smallest absolute Gasteiger partial charge is 0.413 e. The molecule has 2 saturated heterocycles. The topological polar surface area (TPSA) is 222 Å². The number of hydrogen-bond donors (Lipinski definition) is 3. The molecule has 0 radical (unpaired) electrons. The molecule has 1 amide bonds. The van der Waals surface area contributed by atoms with Gasteiger partial charge in [-0.3, -0.25) is 19.3 Å². The molecule has 2 heterocycles. The van der Waals surface area contributed by atoms with Gasteiger partial charge in [-0.05, 0) is 68.4 Å². The molecule has 5 fully saturated rings. The monoisotopic (exact) mass is 845 g/mol. The molecule has 61 heavy (non-hydrogen) atoms. The fraction of sp³-hybridized carbons (Fsp3) is 0.556. The van der Waals surface area contributed by atoms with Crippen molar-refractivity contribution in [3.8, 4) is 0 Å². The number of carbonyl (C=O) groups excluding carboxylic acids is 6. The summed E-state index contributed by atoms with van der Waals surface area (Å²) in [6.07, 6.45) is -10.2. The summed E-state index contributed by atoms with van der Waals surface area (Å²) in [4.78, 5) is 84.2. The first-order chi connectivity index (χ1) is 28.6. The van der Waals surface area contributed by atoms with Gasteiger partial charge in [-0.1, -0.05) is 62.4 Å². The van der Waals surface area contributed by atoms with Crippen LogP contribution in [0.25, 0.3) is 0 Å². The van der Waals surface area contributed by atoms with Gasteiger partial charge >= 0.3 is 30.0 Å². The summed E-state index contributed by atoms with van der Waals surface area (Å²) in [5.74, 6) is -5.83. The maximum absolute atomic E-state index is 15.5. The van der Waals surface area contributed by atoms with E-state index in [9.17, 15) is 39.3 Å². The summed E-state index contributed by atoms with van der Waals surface area (Å²) < 4.78 is 36.1. The van der Waals surface area contributed by atoms with Crippen molar-refractivity contribution >= 4 is 35.8 Å². The number of nitrogens with zero attached hydrogens (tertiary/aromatic N) is 1. The Labute approximate surface area is 352 Å². The number of cyclic esters (lactones) is 1. The van der Waals surface area contributed by atoms with E-state index in [1.807, 2.05) is 0 Å². The first-order valence-electron chi connectivity index (χ1n) is 20.5. The first-order valence-corrected chi connectivity index (χ1v) is 20.5. The lowest BCUT2D eigenvalue weighted by Crippen LogP contribution is -2.78. The van der Waals surface area contributed by atoms with Crippen molar-refractivity contribution in [3.05, 3.63) is 82.9 Å². The van der Waals surface area contributed by atoms with E-state index in [0.717, 1.165) is 11.8 Å². The lowest BCUT2D eigenvalue weighted by molar-refractivity contribution is -0.323. The predicted molar refractivity (Wildman–Crippen MR) is 209 cm³/mol. The van der Waals surface area contributed by atoms with Gasteiger partial charge in [-0.15, -0.1) is 0 Å². The third-order valence-electron chi connectivity index (χ3n) is 14.2. The normalized spacial score (nSPS) is 36.2. The third-order valence-corrected chi connectivity index (χ3v) is 14.2. The maximum atomic E-state index is 15.5. The average Bonchev–Trinajstić information content (AvgIpc) is 3.88. The standard InChI is InChI=1S/C45H51NO15/c1-22-28(58-38(52)32(49)31(25-14-10-8-11-15-25)46-39(53)42(6,7)61-40(46)54)20-45(55)36(59-37(51)26-16-12-9-13-17-26)34-43(35(50)33(57-23(2)47)30(22)41(45,4)5)19-27(43)18-29-44(34,21-56-29)60-24(3)48/h8-17,27-29,31-34,36,39,49,53,55H,18-21H2,1-7H3/t27-,28+,29-,31+,32-,33?,34+,36+,39?,43-,44+,45-/m1/s1. The molecule has 4 aliphatic carbocycles. The highest BCUT2D eigenvalue weighted by Gasteiger charge is 2.84. The van der Waals surface area contributed by atoms with Crippen LogP contribution in [0.15, 0.2) is 71.8 Å². The number of ketones is 1. The second-order valence-corrected chi connectivity index (χ2v) is 18.4. The summed E-state index contributed by atoms with van der Waals surface area (Å²) >= 11 is 0. The second-order valence-electron chi connectivity index (χ2n) is 18.4. The number of rotatable bonds is 9. The van der Waals surface area contributed by atoms with Gasteiger partial charge in [0.15, 0.2) is 35.4 Å². The number of fused-ring (bicyclic) bond motifs is 4. The molecule has 0 aromatic heterocycles. The molecule has 2 unspecified atom stereocenters. The van der Waals surface area contributed by atoms with Gasteiger partial charge in [-0.25, -0.2) is 14.4 Å². The Hall–Kier alpha value is -5.16. The first kappa shape index (κ1) is 42.5. The Morgan fingerprint density at radius 3 is 2.08 bits per heavy atom. The lowest BCUT2D eigenvalue weighted by atomic mass is 9.48. The fourth-order valence-corrected chi connectivity index (χ4v) is 11.1. The number of carbonyl (C=O) groups is 6. The lowest BCUT2D eigenvalue weighted by Gasteiger charge is -2.64. The van der Waals surface area contributed by atoms with Gasteiger partial charge in [-0.2, -0.15) is 0 Å². The van der Waals surface area contributed by atoms with Gasteiger partial charge in [0.05, 0.1) is 24.1 Å². The van der Waals surface area contributed by atoms with Crippen LogP contribution in [0.4, 0.5) is 4.79 Å². The molecule has 12 atom stereocenters. The molecule has 2 aromatic carbocycles. The number of aliphatic hydroxyl groups is 3. The summed E-state index contributed by atoms with van der Waals surface area (Å²) in [7, 11) is 0. The predicted octanol–water partition coefficient (Wildman–Crippen LogP) is 3.49. The van der Waals surface area contributed by atoms with Crippen molar-refractivity contribution in [2.45, 2.75) is 127 Å². The Balaban J connectivity index is 1.28. The number of hydrogen-bond acceptors (Lipinski definition) is 15. The van der Waals surface area contributed by atoms with E-state index in [1.165, 1.54) is 32.9 Å². The molecule has 6 aliphatic rings. The number of Topliss-reactive ketones (excluding diaryl/α,β-unsaturated/α-hetero) is 1. The summed E-state index contributed by atoms with van der Waals surface area (Å²) in [5, 5.41) is 36.9. The van der Waals surface area contributed by atoms with E-state index >= 15 is 4.79 Å². The number of amides is 1. The third kappa shape index (κ3) is 6.30. The largest absolute Gasteiger partial charge is 0.456 e. The Kier molecular flexibility index (Phi) is 10.1. The van der Waals surface area contributed by atoms with Crippen molar-refractivity contribution < 1.29 is 72.5 Å². The Bertz CT molecular complexity index is 2210. The molecule has 3 N–H and O–H groups in total. The minimum Gasteiger partial charge on any atom is -0.456 e. The maximum Gasteiger partial charge on any atom is 0.413 e. The van der Waals surface area contributed by atoms with Crippen LogP contribution in [0.3, 0.4) is 0 Å². The number of ether oxygens (including phenoxy) is 6. The van der Waals surface area contributed by atoms with Crippen LogP contribution in [0.5, 0.6) is 0 Å². The molecular weight excluding hydrogens is 794 g/mol. The minimum absolute atomic E-state index is 0.0985. The highest BCUT2D eigenvalue weighted by molar-refractivity contribution is 5.97. The van der Waals surface area contributed by atoms with Crippen LogP contribution < -0.4 is 0 Å². The van der Waals surface area contributed by atoms with Gasteiger partial charge in [0.1, 0.15) is 23.9 Å². The Morgan fingerprint density at radius 2 is 1.52 bits per heavy atom. The zero-order valence-corrected chi connectivity index (χ0v) is 35.0. The zero-order valence-electron chi connectivity index (χ0n) is 35.0. The molecule has 2 bridgehead atoms. The summed E-state index contributed by atoms with van der Waals surface area (Å²) in [6.45, 7) is 9.88. The molecule has 16 heteroatoms. The van der Waals surface area contributed by atoms with Gasteiger partial charge < -0.3 is 43.7 Å². The molecule has 8 rings (SSSR count). The molecular formula is C45H51NO15. The van der Waals surface area contributed by atoms with E-state index < -0.39 is 124 Å². The second kappa shape index (κ2) is 14.5. The molecule has 3 saturated carbocycles.